The number of allylic oxidation sites excluding steroid dienone is 1. The summed E-state index contributed by atoms with van der Waals surface area (Å²) >= 11 is 5.03. The molecular formula is C16H11BrS. The second-order valence-electron chi connectivity index (χ2n) is 3.93. The van der Waals surface area contributed by atoms with Gasteiger partial charge in [0.2, 0.25) is 0 Å². The van der Waals surface area contributed by atoms with E-state index in [1.165, 1.54) is 0 Å². The third-order valence-corrected chi connectivity index (χ3v) is 4.15. The van der Waals surface area contributed by atoms with E-state index in [1.807, 2.05) is 36.4 Å². The van der Waals surface area contributed by atoms with Crippen LogP contribution in [0.15, 0.2) is 52.4 Å². The van der Waals surface area contributed by atoms with Crippen LogP contribution < -0.4 is 0 Å². The molecule has 1 heterocycles. The van der Waals surface area contributed by atoms with E-state index in [9.17, 15) is 0 Å². The molecule has 1 aliphatic heterocycles. The van der Waals surface area contributed by atoms with Crippen LogP contribution in [0.3, 0.4) is 0 Å². The highest BCUT2D eigenvalue weighted by Gasteiger charge is 2.29. The van der Waals surface area contributed by atoms with E-state index in [4.69, 9.17) is 6.42 Å². The molecule has 18 heavy (non-hydrogen) atoms. The van der Waals surface area contributed by atoms with Crippen molar-refractivity contribution in [2.24, 2.45) is 0 Å². The monoisotopic (exact) mass is 314 g/mol. The minimum Gasteiger partial charge on any atom is -0.120 e. The summed E-state index contributed by atoms with van der Waals surface area (Å²) in [6.45, 7) is 3.93. The summed E-state index contributed by atoms with van der Waals surface area (Å²) < 4.78 is 0.744. The fourth-order valence-electron chi connectivity index (χ4n) is 1.60. The minimum atomic E-state index is -0.307. The normalized spacial score (nSPS) is 21.2. The van der Waals surface area contributed by atoms with Crippen molar-refractivity contribution < 1.29 is 0 Å². The van der Waals surface area contributed by atoms with Gasteiger partial charge in [0, 0.05) is 21.4 Å². The van der Waals surface area contributed by atoms with Crippen LogP contribution in [-0.2, 0) is 0 Å². The minimum absolute atomic E-state index is 0.307. The molecule has 0 radical (unpaired) electrons. The summed E-state index contributed by atoms with van der Waals surface area (Å²) in [5.41, 5.74) is 0.987. The van der Waals surface area contributed by atoms with Gasteiger partial charge in [0.05, 0.1) is 0 Å². The molecule has 1 aliphatic rings. The lowest BCUT2D eigenvalue weighted by Crippen LogP contribution is -2.15. The van der Waals surface area contributed by atoms with Crippen molar-refractivity contribution in [3.8, 4) is 24.2 Å². The first kappa shape index (κ1) is 13.1. The molecule has 0 aliphatic carbocycles. The highest BCUT2D eigenvalue weighted by molar-refractivity contribution is 9.10. The molecule has 2 rings (SSSR count). The van der Waals surface area contributed by atoms with Crippen molar-refractivity contribution in [2.45, 2.75) is 11.2 Å². The van der Waals surface area contributed by atoms with E-state index in [0.29, 0.717) is 6.42 Å². The number of thioether (sulfide) groups is 1. The van der Waals surface area contributed by atoms with Crippen LogP contribution in [0.1, 0.15) is 12.0 Å². The fraction of sp³-hybridized carbons (Fsp3) is 0.125. The Balaban J connectivity index is 2.26. The molecule has 1 unspecified atom stereocenters. The molecule has 1 aromatic rings. The summed E-state index contributed by atoms with van der Waals surface area (Å²) in [6.07, 6.45) is 10.1. The van der Waals surface area contributed by atoms with Crippen LogP contribution >= 0.6 is 27.7 Å². The number of rotatable bonds is 1. The van der Waals surface area contributed by atoms with Gasteiger partial charge in [0.25, 0.3) is 0 Å². The Morgan fingerprint density at radius 2 is 2.06 bits per heavy atom. The van der Waals surface area contributed by atoms with E-state index in [-0.39, 0.29) is 4.75 Å². The number of hydrogen-bond donors (Lipinski definition) is 0. The van der Waals surface area contributed by atoms with Gasteiger partial charge in [-0.25, -0.2) is 0 Å². The highest BCUT2D eigenvalue weighted by atomic mass is 79.9. The second kappa shape index (κ2) is 5.53. The summed E-state index contributed by atoms with van der Waals surface area (Å²) in [4.78, 5) is 1.01. The van der Waals surface area contributed by atoms with Gasteiger partial charge in [-0.2, -0.15) is 0 Å². The maximum atomic E-state index is 5.43. The summed E-state index contributed by atoms with van der Waals surface area (Å²) in [6, 6.07) is 7.93. The molecule has 1 aromatic carbocycles. The SMILES string of the molecule is C#CCC1(C#Cc2ccc(Br)cc2)C=CC(=C)S1. The van der Waals surface area contributed by atoms with Gasteiger partial charge < -0.3 is 0 Å². The average molecular weight is 315 g/mol. The quantitative estimate of drug-likeness (QED) is 0.693. The van der Waals surface area contributed by atoms with Gasteiger partial charge in [-0.15, -0.1) is 24.1 Å². The first-order valence-electron chi connectivity index (χ1n) is 5.43. The molecule has 0 nitrogen and oxygen atoms in total. The molecule has 0 amide bonds. The van der Waals surface area contributed by atoms with Gasteiger partial charge in [-0.3, -0.25) is 0 Å². The first-order chi connectivity index (χ1) is 8.63. The predicted octanol–water partition coefficient (Wildman–Crippen LogP) is 4.38. The molecule has 0 fully saturated rings. The molecule has 88 valence electrons. The van der Waals surface area contributed by atoms with Gasteiger partial charge in [-0.1, -0.05) is 46.5 Å². The van der Waals surface area contributed by atoms with Gasteiger partial charge >= 0.3 is 0 Å². The topological polar surface area (TPSA) is 0 Å². The fourth-order valence-corrected chi connectivity index (χ4v) is 2.86. The maximum Gasteiger partial charge on any atom is 0.111 e. The Hall–Kier alpha value is -1.35. The van der Waals surface area contributed by atoms with Crippen molar-refractivity contribution in [1.29, 1.82) is 0 Å². The lowest BCUT2D eigenvalue weighted by molar-refractivity contribution is 0.959. The molecule has 0 saturated carbocycles. The number of terminal acetylenes is 1. The van der Waals surface area contributed by atoms with E-state index >= 15 is 0 Å². The summed E-state index contributed by atoms with van der Waals surface area (Å²) in [5, 5.41) is 0. The zero-order valence-electron chi connectivity index (χ0n) is 9.74. The smallest absolute Gasteiger partial charge is 0.111 e. The standard InChI is InChI=1S/C16H11BrS/c1-3-10-16(11-8-13(2)18-16)12-9-14-4-6-15(17)7-5-14/h1,4-8,11H,2,10H2. The molecular weight excluding hydrogens is 304 g/mol. The third kappa shape index (κ3) is 3.10. The molecule has 2 heteroatoms. The van der Waals surface area contributed by atoms with Crippen molar-refractivity contribution in [2.75, 3.05) is 0 Å². The van der Waals surface area contributed by atoms with Gasteiger partial charge in [-0.05, 0) is 24.3 Å². The summed E-state index contributed by atoms with van der Waals surface area (Å²) in [7, 11) is 0. The lowest BCUT2D eigenvalue weighted by atomic mass is 10.0. The van der Waals surface area contributed by atoms with E-state index < -0.39 is 0 Å². The van der Waals surface area contributed by atoms with Gasteiger partial charge in [0.15, 0.2) is 0 Å². The average Bonchev–Trinajstić information content (AvgIpc) is 2.71. The maximum absolute atomic E-state index is 5.43. The lowest BCUT2D eigenvalue weighted by Gasteiger charge is -2.16. The Bertz CT molecular complexity index is 593. The van der Waals surface area contributed by atoms with Crippen LogP contribution in [0.4, 0.5) is 0 Å². The van der Waals surface area contributed by atoms with E-state index in [2.05, 4.69) is 40.3 Å². The summed E-state index contributed by atoms with van der Waals surface area (Å²) in [5.74, 6) is 9.14. The van der Waals surface area contributed by atoms with Gasteiger partial charge in [0.1, 0.15) is 4.75 Å². The Morgan fingerprint density at radius 3 is 2.61 bits per heavy atom. The van der Waals surface area contributed by atoms with Crippen molar-refractivity contribution in [3.63, 3.8) is 0 Å². The van der Waals surface area contributed by atoms with Crippen LogP contribution in [0.25, 0.3) is 0 Å². The van der Waals surface area contributed by atoms with E-state index in [0.717, 1.165) is 14.9 Å². The van der Waals surface area contributed by atoms with Crippen LogP contribution in [0, 0.1) is 24.2 Å². The third-order valence-electron chi connectivity index (χ3n) is 2.48. The molecule has 0 spiro atoms. The second-order valence-corrected chi connectivity index (χ2v) is 6.30. The highest BCUT2D eigenvalue weighted by Crippen LogP contribution is 2.41. The van der Waals surface area contributed by atoms with Crippen molar-refractivity contribution in [3.05, 3.63) is 57.9 Å². The Kier molecular flexibility index (Phi) is 4.02. The predicted molar refractivity (Wildman–Crippen MR) is 83.1 cm³/mol. The van der Waals surface area contributed by atoms with Crippen LogP contribution in [0.2, 0.25) is 0 Å². The van der Waals surface area contributed by atoms with Crippen LogP contribution in [0.5, 0.6) is 0 Å². The number of benzene rings is 1. The molecule has 1 atom stereocenters. The zero-order valence-corrected chi connectivity index (χ0v) is 12.1. The van der Waals surface area contributed by atoms with Crippen molar-refractivity contribution in [1.82, 2.24) is 0 Å². The number of hydrogen-bond acceptors (Lipinski definition) is 1. The Morgan fingerprint density at radius 1 is 1.33 bits per heavy atom. The molecule has 0 N–H and O–H groups in total. The molecule has 0 saturated heterocycles. The van der Waals surface area contributed by atoms with Crippen molar-refractivity contribution >= 4 is 27.7 Å². The molecule has 0 bridgehead atoms. The number of halogens is 1. The van der Waals surface area contributed by atoms with E-state index in [1.54, 1.807) is 11.8 Å². The zero-order chi connectivity index (χ0) is 13.0. The molecule has 0 aromatic heterocycles. The van der Waals surface area contributed by atoms with Crippen LogP contribution in [-0.4, -0.2) is 4.75 Å². The largest absolute Gasteiger partial charge is 0.120 e. The first-order valence-corrected chi connectivity index (χ1v) is 7.04. The Labute approximate surface area is 121 Å².